The first kappa shape index (κ1) is 20.6. The van der Waals surface area contributed by atoms with E-state index in [1.54, 1.807) is 0 Å². The van der Waals surface area contributed by atoms with E-state index in [0.717, 1.165) is 16.2 Å². The highest BCUT2D eigenvalue weighted by Gasteiger charge is 2.34. The number of nitrogens with zero attached hydrogens (tertiary/aromatic N) is 2. The van der Waals surface area contributed by atoms with Crippen LogP contribution in [0.3, 0.4) is 0 Å². The van der Waals surface area contributed by atoms with Crippen LogP contribution >= 0.6 is 0 Å². The Bertz CT molecular complexity index is 444. The van der Waals surface area contributed by atoms with Crippen LogP contribution in [0.15, 0.2) is 24.3 Å². The highest BCUT2D eigenvalue weighted by Crippen LogP contribution is 2.26. The third-order valence-electron chi connectivity index (χ3n) is 5.25. The van der Waals surface area contributed by atoms with Crippen molar-refractivity contribution in [1.29, 1.82) is 0 Å². The molecule has 0 radical (unpaired) electrons. The standard InChI is InChI=1S/C19H34N3.HI/c1-4-5-6-7-8-15-22(2,3)19-13-14-21(16-19)18-11-9-17(20)10-12-18;/h9-12,19H,4-8,13-16,20H2,1-3H3;1H/q+1;/p-1. The molecule has 2 rings (SSSR count). The van der Waals surface area contributed by atoms with Gasteiger partial charge in [0, 0.05) is 24.3 Å². The maximum atomic E-state index is 5.79. The number of benzene rings is 1. The third kappa shape index (κ3) is 6.14. The molecule has 23 heavy (non-hydrogen) atoms. The summed E-state index contributed by atoms with van der Waals surface area (Å²) in [7, 11) is 4.83. The summed E-state index contributed by atoms with van der Waals surface area (Å²) in [6.45, 7) is 5.94. The summed E-state index contributed by atoms with van der Waals surface area (Å²) in [6.07, 6.45) is 8.18. The van der Waals surface area contributed by atoms with Crippen LogP contribution in [0.2, 0.25) is 0 Å². The lowest BCUT2D eigenvalue weighted by atomic mass is 10.1. The molecule has 132 valence electrons. The zero-order valence-corrected chi connectivity index (χ0v) is 17.3. The minimum Gasteiger partial charge on any atom is -1.00 e. The summed E-state index contributed by atoms with van der Waals surface area (Å²) in [4.78, 5) is 2.52. The number of nitrogens with two attached hydrogens (primary N) is 1. The summed E-state index contributed by atoms with van der Waals surface area (Å²) in [5, 5.41) is 0. The van der Waals surface area contributed by atoms with Crippen molar-refractivity contribution in [3.05, 3.63) is 24.3 Å². The van der Waals surface area contributed by atoms with Crippen molar-refractivity contribution in [3.8, 4) is 0 Å². The molecular weight excluding hydrogens is 397 g/mol. The molecule has 0 aliphatic carbocycles. The zero-order chi connectivity index (χ0) is 16.0. The lowest BCUT2D eigenvalue weighted by Gasteiger charge is -2.36. The topological polar surface area (TPSA) is 29.3 Å². The first-order chi connectivity index (χ1) is 10.5. The highest BCUT2D eigenvalue weighted by molar-refractivity contribution is 5.53. The number of likely N-dealkylation sites (N-methyl/N-ethyl adjacent to an activating group) is 1. The monoisotopic (exact) mass is 431 g/mol. The van der Waals surface area contributed by atoms with Crippen molar-refractivity contribution >= 4 is 11.4 Å². The molecule has 0 saturated carbocycles. The van der Waals surface area contributed by atoms with Gasteiger partial charge in [0.2, 0.25) is 0 Å². The quantitative estimate of drug-likeness (QED) is 0.287. The Labute approximate surface area is 159 Å². The lowest BCUT2D eigenvalue weighted by molar-refractivity contribution is -0.912. The van der Waals surface area contributed by atoms with Gasteiger partial charge in [0.25, 0.3) is 0 Å². The average Bonchev–Trinajstić information content (AvgIpc) is 2.98. The van der Waals surface area contributed by atoms with E-state index in [4.69, 9.17) is 5.73 Å². The highest BCUT2D eigenvalue weighted by atomic mass is 127. The summed E-state index contributed by atoms with van der Waals surface area (Å²) < 4.78 is 1.16. The van der Waals surface area contributed by atoms with Gasteiger partial charge in [-0.15, -0.1) is 0 Å². The van der Waals surface area contributed by atoms with Gasteiger partial charge in [-0.2, -0.15) is 0 Å². The number of halogens is 1. The van der Waals surface area contributed by atoms with E-state index in [2.05, 4.69) is 38.1 Å². The molecule has 1 fully saturated rings. The van der Waals surface area contributed by atoms with Crippen LogP contribution in [-0.4, -0.2) is 44.3 Å². The molecule has 1 aromatic carbocycles. The van der Waals surface area contributed by atoms with E-state index in [-0.39, 0.29) is 24.0 Å². The smallest absolute Gasteiger partial charge is 0.108 e. The fourth-order valence-electron chi connectivity index (χ4n) is 3.54. The van der Waals surface area contributed by atoms with Crippen LogP contribution in [-0.2, 0) is 0 Å². The molecule has 0 aromatic heterocycles. The minimum absolute atomic E-state index is 0. The van der Waals surface area contributed by atoms with Crippen LogP contribution in [0.1, 0.15) is 45.4 Å². The Morgan fingerprint density at radius 2 is 1.74 bits per heavy atom. The minimum atomic E-state index is 0. The van der Waals surface area contributed by atoms with Gasteiger partial charge in [0.05, 0.1) is 27.2 Å². The molecule has 1 heterocycles. The summed E-state index contributed by atoms with van der Waals surface area (Å²) in [6, 6.07) is 9.08. The second-order valence-electron chi connectivity index (χ2n) is 7.40. The second-order valence-corrected chi connectivity index (χ2v) is 7.40. The van der Waals surface area contributed by atoms with E-state index < -0.39 is 0 Å². The summed E-state index contributed by atoms with van der Waals surface area (Å²) in [5.74, 6) is 0. The lowest BCUT2D eigenvalue weighted by Crippen LogP contribution is -3.00. The maximum Gasteiger partial charge on any atom is 0.108 e. The van der Waals surface area contributed by atoms with Crippen molar-refractivity contribution in [2.24, 2.45) is 0 Å². The Morgan fingerprint density at radius 1 is 1.09 bits per heavy atom. The normalized spacial score (nSPS) is 18.0. The van der Waals surface area contributed by atoms with Crippen molar-refractivity contribution < 1.29 is 28.5 Å². The van der Waals surface area contributed by atoms with Crippen molar-refractivity contribution in [3.63, 3.8) is 0 Å². The molecule has 1 aliphatic rings. The van der Waals surface area contributed by atoms with Crippen LogP contribution in [0.5, 0.6) is 0 Å². The van der Waals surface area contributed by atoms with Gasteiger partial charge in [-0.05, 0) is 37.1 Å². The molecule has 1 aliphatic heterocycles. The molecule has 1 atom stereocenters. The molecule has 1 unspecified atom stereocenters. The Balaban J connectivity index is 0.00000264. The van der Waals surface area contributed by atoms with Gasteiger partial charge in [0.1, 0.15) is 6.04 Å². The fraction of sp³-hybridized carbons (Fsp3) is 0.684. The first-order valence-electron chi connectivity index (χ1n) is 8.96. The van der Waals surface area contributed by atoms with E-state index in [1.165, 1.54) is 63.8 Å². The van der Waals surface area contributed by atoms with E-state index in [1.807, 2.05) is 12.1 Å². The van der Waals surface area contributed by atoms with Crippen LogP contribution in [0, 0.1) is 0 Å². The molecule has 0 spiro atoms. The largest absolute Gasteiger partial charge is 1.00 e. The predicted octanol–water partition coefficient (Wildman–Crippen LogP) is 0.898. The molecule has 2 N–H and O–H groups in total. The van der Waals surface area contributed by atoms with Crippen molar-refractivity contribution in [2.75, 3.05) is 44.4 Å². The van der Waals surface area contributed by atoms with Gasteiger partial charge >= 0.3 is 0 Å². The van der Waals surface area contributed by atoms with E-state index >= 15 is 0 Å². The molecule has 3 nitrogen and oxygen atoms in total. The van der Waals surface area contributed by atoms with Gasteiger partial charge in [-0.25, -0.2) is 0 Å². The van der Waals surface area contributed by atoms with E-state index in [0.29, 0.717) is 0 Å². The number of hydrogen-bond donors (Lipinski definition) is 1. The molecule has 1 aromatic rings. The number of hydrogen-bond acceptors (Lipinski definition) is 2. The molecule has 4 heteroatoms. The summed E-state index contributed by atoms with van der Waals surface area (Å²) in [5.41, 5.74) is 7.96. The molecule has 1 saturated heterocycles. The SMILES string of the molecule is CCCCCCC[N+](C)(C)C1CCN(c2ccc(N)cc2)C1.[I-]. The summed E-state index contributed by atoms with van der Waals surface area (Å²) >= 11 is 0. The fourth-order valence-corrected chi connectivity index (χ4v) is 3.54. The Morgan fingerprint density at radius 3 is 2.39 bits per heavy atom. The second kappa shape index (κ2) is 9.72. The number of anilines is 2. The number of rotatable bonds is 8. The van der Waals surface area contributed by atoms with E-state index in [9.17, 15) is 0 Å². The molecule has 0 amide bonds. The van der Waals surface area contributed by atoms with Crippen molar-refractivity contribution in [1.82, 2.24) is 0 Å². The van der Waals surface area contributed by atoms with Crippen LogP contribution in [0.25, 0.3) is 0 Å². The van der Waals surface area contributed by atoms with Gasteiger partial charge in [0.15, 0.2) is 0 Å². The van der Waals surface area contributed by atoms with Gasteiger partial charge in [-0.1, -0.05) is 26.2 Å². The van der Waals surface area contributed by atoms with Crippen LogP contribution in [0.4, 0.5) is 11.4 Å². The molecule has 0 bridgehead atoms. The Kier molecular flexibility index (Phi) is 8.69. The number of unbranched alkanes of at least 4 members (excludes halogenated alkanes) is 4. The Hall–Kier alpha value is -0.490. The maximum absolute atomic E-state index is 5.79. The third-order valence-corrected chi connectivity index (χ3v) is 5.25. The van der Waals surface area contributed by atoms with Gasteiger partial charge in [-0.3, -0.25) is 0 Å². The zero-order valence-electron chi connectivity index (χ0n) is 15.1. The first-order valence-corrected chi connectivity index (χ1v) is 8.96. The number of nitrogen functional groups attached to an aromatic ring is 1. The average molecular weight is 431 g/mol. The molecular formula is C19H34IN3. The number of quaternary nitrogens is 1. The van der Waals surface area contributed by atoms with Crippen LogP contribution < -0.4 is 34.6 Å². The predicted molar refractivity (Wildman–Crippen MR) is 97.2 cm³/mol. The van der Waals surface area contributed by atoms with Crippen molar-refractivity contribution in [2.45, 2.75) is 51.5 Å². The van der Waals surface area contributed by atoms with Gasteiger partial charge < -0.3 is 39.1 Å².